The predicted octanol–water partition coefficient (Wildman–Crippen LogP) is 5.77. The maximum Gasteiger partial charge on any atom is 0.134 e. The Bertz CT molecular complexity index is 1010. The molecule has 0 N–H and O–H groups in total. The van der Waals surface area contributed by atoms with Crippen LogP contribution in [-0.4, -0.2) is 11.2 Å². The molecule has 2 heterocycles. The summed E-state index contributed by atoms with van der Waals surface area (Å²) in [5.74, 6) is 0. The smallest absolute Gasteiger partial charge is 0.134 e. The SMILES string of the molecule is c1ccc(-c2ccc3c(c2)c2ccccc2n3C2CCCO2)cc1. The number of ether oxygens (including phenoxy) is 1. The van der Waals surface area contributed by atoms with E-state index < -0.39 is 0 Å². The summed E-state index contributed by atoms with van der Waals surface area (Å²) in [7, 11) is 0. The molecule has 0 bridgehead atoms. The van der Waals surface area contributed by atoms with Crippen molar-refractivity contribution in [2.45, 2.75) is 19.1 Å². The molecule has 2 nitrogen and oxygen atoms in total. The molecule has 0 aliphatic carbocycles. The van der Waals surface area contributed by atoms with Gasteiger partial charge in [0.1, 0.15) is 6.23 Å². The normalized spacial score (nSPS) is 17.8. The van der Waals surface area contributed by atoms with E-state index in [9.17, 15) is 0 Å². The highest BCUT2D eigenvalue weighted by Gasteiger charge is 2.22. The van der Waals surface area contributed by atoms with Crippen molar-refractivity contribution < 1.29 is 4.74 Å². The lowest BCUT2D eigenvalue weighted by Crippen LogP contribution is -2.06. The van der Waals surface area contributed by atoms with Gasteiger partial charge in [-0.1, -0.05) is 54.6 Å². The van der Waals surface area contributed by atoms with Gasteiger partial charge in [0.05, 0.1) is 11.0 Å². The molecule has 2 heteroatoms. The third-order valence-electron chi connectivity index (χ3n) is 5.01. The monoisotopic (exact) mass is 313 g/mol. The summed E-state index contributed by atoms with van der Waals surface area (Å²) in [5, 5.41) is 2.61. The fourth-order valence-electron chi connectivity index (χ4n) is 3.89. The van der Waals surface area contributed by atoms with Crippen LogP contribution in [0.3, 0.4) is 0 Å². The number of hydrogen-bond acceptors (Lipinski definition) is 1. The van der Waals surface area contributed by atoms with Crippen molar-refractivity contribution >= 4 is 21.8 Å². The summed E-state index contributed by atoms with van der Waals surface area (Å²) >= 11 is 0. The molecule has 0 radical (unpaired) electrons. The van der Waals surface area contributed by atoms with Gasteiger partial charge in [-0.05, 0) is 42.2 Å². The molecule has 1 saturated heterocycles. The van der Waals surface area contributed by atoms with Crippen LogP contribution >= 0.6 is 0 Å². The van der Waals surface area contributed by atoms with Crippen LogP contribution in [0.15, 0.2) is 72.8 Å². The summed E-state index contributed by atoms with van der Waals surface area (Å²) in [6.45, 7) is 0.862. The Morgan fingerprint density at radius 2 is 1.54 bits per heavy atom. The fourth-order valence-corrected chi connectivity index (χ4v) is 3.89. The number of benzene rings is 3. The minimum atomic E-state index is 0.162. The van der Waals surface area contributed by atoms with Crippen molar-refractivity contribution in [2.24, 2.45) is 0 Å². The van der Waals surface area contributed by atoms with Crippen LogP contribution in [0.2, 0.25) is 0 Å². The van der Waals surface area contributed by atoms with Gasteiger partial charge in [-0.3, -0.25) is 0 Å². The Labute approximate surface area is 141 Å². The first-order valence-electron chi connectivity index (χ1n) is 8.61. The topological polar surface area (TPSA) is 14.2 Å². The van der Waals surface area contributed by atoms with E-state index in [2.05, 4.69) is 77.4 Å². The molecule has 1 atom stereocenters. The standard InChI is InChI=1S/C22H19NO/c1-2-7-16(8-3-1)17-12-13-21-19(15-17)18-9-4-5-10-20(18)23(21)22-11-6-14-24-22/h1-5,7-10,12-13,15,22H,6,11,14H2. The van der Waals surface area contributed by atoms with Gasteiger partial charge in [0.25, 0.3) is 0 Å². The van der Waals surface area contributed by atoms with E-state index in [0.29, 0.717) is 0 Å². The molecular weight excluding hydrogens is 294 g/mol. The lowest BCUT2D eigenvalue weighted by molar-refractivity contribution is 0.0633. The Balaban J connectivity index is 1.80. The highest BCUT2D eigenvalue weighted by Crippen LogP contribution is 2.37. The number of aromatic nitrogens is 1. The molecule has 5 rings (SSSR count). The number of rotatable bonds is 2. The van der Waals surface area contributed by atoms with E-state index in [1.807, 2.05) is 0 Å². The first-order chi connectivity index (χ1) is 11.9. The maximum absolute atomic E-state index is 5.99. The van der Waals surface area contributed by atoms with Crippen LogP contribution < -0.4 is 0 Å². The zero-order chi connectivity index (χ0) is 15.9. The average molecular weight is 313 g/mol. The molecule has 0 spiro atoms. The van der Waals surface area contributed by atoms with E-state index in [1.54, 1.807) is 0 Å². The summed E-state index contributed by atoms with van der Waals surface area (Å²) in [4.78, 5) is 0. The number of fused-ring (bicyclic) bond motifs is 3. The van der Waals surface area contributed by atoms with Crippen molar-refractivity contribution in [3.8, 4) is 11.1 Å². The second kappa shape index (κ2) is 5.50. The molecular formula is C22H19NO. The summed E-state index contributed by atoms with van der Waals surface area (Å²) in [6.07, 6.45) is 2.39. The lowest BCUT2D eigenvalue weighted by atomic mass is 10.0. The van der Waals surface area contributed by atoms with E-state index >= 15 is 0 Å². The van der Waals surface area contributed by atoms with E-state index in [-0.39, 0.29) is 6.23 Å². The molecule has 24 heavy (non-hydrogen) atoms. The van der Waals surface area contributed by atoms with Crippen molar-refractivity contribution in [2.75, 3.05) is 6.61 Å². The van der Waals surface area contributed by atoms with Gasteiger partial charge in [0.15, 0.2) is 0 Å². The summed E-state index contributed by atoms with van der Waals surface area (Å²) in [6, 6.07) is 26.0. The van der Waals surface area contributed by atoms with E-state index in [1.165, 1.54) is 32.9 Å². The average Bonchev–Trinajstić information content (AvgIpc) is 3.27. The highest BCUT2D eigenvalue weighted by molar-refractivity contribution is 6.09. The fraction of sp³-hybridized carbons (Fsp3) is 0.182. The van der Waals surface area contributed by atoms with Gasteiger partial charge in [-0.2, -0.15) is 0 Å². The number of para-hydroxylation sites is 1. The van der Waals surface area contributed by atoms with Crippen LogP contribution in [0.25, 0.3) is 32.9 Å². The van der Waals surface area contributed by atoms with Crippen LogP contribution in [0.1, 0.15) is 19.1 Å². The second-order valence-electron chi connectivity index (χ2n) is 6.45. The third-order valence-corrected chi connectivity index (χ3v) is 5.01. The van der Waals surface area contributed by atoms with Crippen molar-refractivity contribution in [3.05, 3.63) is 72.8 Å². The lowest BCUT2D eigenvalue weighted by Gasteiger charge is -2.15. The molecule has 1 aromatic heterocycles. The van der Waals surface area contributed by atoms with Gasteiger partial charge in [-0.15, -0.1) is 0 Å². The Kier molecular flexibility index (Phi) is 3.17. The molecule has 0 amide bonds. The quantitative estimate of drug-likeness (QED) is 0.458. The minimum Gasteiger partial charge on any atom is -0.358 e. The first kappa shape index (κ1) is 13.8. The van der Waals surface area contributed by atoms with Crippen molar-refractivity contribution in [1.29, 1.82) is 0 Å². The molecule has 1 aliphatic heterocycles. The molecule has 0 saturated carbocycles. The summed E-state index contributed by atoms with van der Waals surface area (Å²) in [5.41, 5.74) is 5.05. The van der Waals surface area contributed by atoms with Gasteiger partial charge in [0.2, 0.25) is 0 Å². The zero-order valence-corrected chi connectivity index (χ0v) is 13.5. The van der Waals surface area contributed by atoms with E-state index in [0.717, 1.165) is 19.4 Å². The molecule has 3 aromatic carbocycles. The molecule has 1 fully saturated rings. The van der Waals surface area contributed by atoms with Crippen LogP contribution in [0, 0.1) is 0 Å². The van der Waals surface area contributed by atoms with Gasteiger partial charge in [0, 0.05) is 17.4 Å². The van der Waals surface area contributed by atoms with Crippen molar-refractivity contribution in [1.82, 2.24) is 4.57 Å². The summed E-state index contributed by atoms with van der Waals surface area (Å²) < 4.78 is 8.37. The zero-order valence-electron chi connectivity index (χ0n) is 13.5. The van der Waals surface area contributed by atoms with Gasteiger partial charge in [-0.25, -0.2) is 0 Å². The third kappa shape index (κ3) is 2.07. The largest absolute Gasteiger partial charge is 0.358 e. The Hall–Kier alpha value is -2.58. The Morgan fingerprint density at radius 3 is 2.38 bits per heavy atom. The Morgan fingerprint density at radius 1 is 0.750 bits per heavy atom. The molecule has 1 unspecified atom stereocenters. The second-order valence-corrected chi connectivity index (χ2v) is 6.45. The number of hydrogen-bond donors (Lipinski definition) is 0. The minimum absolute atomic E-state index is 0.162. The molecule has 118 valence electrons. The highest BCUT2D eigenvalue weighted by atomic mass is 16.5. The van der Waals surface area contributed by atoms with Crippen LogP contribution in [-0.2, 0) is 4.74 Å². The maximum atomic E-state index is 5.99. The first-order valence-corrected chi connectivity index (χ1v) is 8.61. The van der Waals surface area contributed by atoms with Crippen LogP contribution in [0.5, 0.6) is 0 Å². The molecule has 4 aromatic rings. The van der Waals surface area contributed by atoms with Crippen molar-refractivity contribution in [3.63, 3.8) is 0 Å². The predicted molar refractivity (Wildman–Crippen MR) is 99.1 cm³/mol. The van der Waals surface area contributed by atoms with E-state index in [4.69, 9.17) is 4.74 Å². The number of nitrogens with zero attached hydrogens (tertiary/aromatic N) is 1. The molecule has 1 aliphatic rings. The van der Waals surface area contributed by atoms with Gasteiger partial charge >= 0.3 is 0 Å². The van der Waals surface area contributed by atoms with Gasteiger partial charge < -0.3 is 9.30 Å². The van der Waals surface area contributed by atoms with Crippen LogP contribution in [0.4, 0.5) is 0 Å².